The number of nitrogens with one attached hydrogen (secondary N) is 3. The van der Waals surface area contributed by atoms with E-state index in [4.69, 9.17) is 4.74 Å². The molecule has 0 amide bonds. The maximum absolute atomic E-state index is 5.13. The molecule has 0 aromatic heterocycles. The summed E-state index contributed by atoms with van der Waals surface area (Å²) in [6.07, 6.45) is 1.03. The predicted octanol–water partition coefficient (Wildman–Crippen LogP) is 1.76. The second kappa shape index (κ2) is 7.56. The van der Waals surface area contributed by atoms with Crippen molar-refractivity contribution in [2.45, 2.75) is 6.42 Å². The number of methoxy groups -OCH3 is 1. The van der Waals surface area contributed by atoms with Crippen molar-refractivity contribution >= 4 is 26.6 Å². The first-order valence-corrected chi connectivity index (χ1v) is 8.21. The molecule has 1 saturated heterocycles. The van der Waals surface area contributed by atoms with Crippen molar-refractivity contribution in [3.8, 4) is 5.75 Å². The first-order valence-electron chi connectivity index (χ1n) is 5.31. The van der Waals surface area contributed by atoms with Crippen molar-refractivity contribution in [1.82, 2.24) is 19.7 Å². The van der Waals surface area contributed by atoms with Crippen LogP contribution in [0.2, 0.25) is 0 Å². The molecule has 0 saturated carbocycles. The van der Waals surface area contributed by atoms with Crippen molar-refractivity contribution < 1.29 is 4.74 Å². The summed E-state index contributed by atoms with van der Waals surface area (Å²) in [4.78, 5) is 6.59. The van der Waals surface area contributed by atoms with Crippen LogP contribution < -0.4 is 19.9 Å². The molecule has 0 aliphatic carbocycles. The van der Waals surface area contributed by atoms with E-state index >= 15 is 0 Å². The number of hydrazine groups is 1. The summed E-state index contributed by atoms with van der Waals surface area (Å²) in [5, 5.41) is 0. The van der Waals surface area contributed by atoms with Crippen molar-refractivity contribution in [2.24, 2.45) is 0 Å². The van der Waals surface area contributed by atoms with Crippen LogP contribution in [0.15, 0.2) is 24.3 Å². The fraction of sp³-hybridized carbons (Fsp3) is 0.333. The van der Waals surface area contributed by atoms with Crippen molar-refractivity contribution in [3.63, 3.8) is 0 Å². The van der Waals surface area contributed by atoms with Gasteiger partial charge in [-0.2, -0.15) is 4.55 Å². The van der Waals surface area contributed by atoms with Crippen molar-refractivity contribution in [1.29, 1.82) is 0 Å². The van der Waals surface area contributed by atoms with Gasteiger partial charge in [-0.15, -0.1) is 0 Å². The fourth-order valence-corrected chi connectivity index (χ4v) is 5.18. The van der Waals surface area contributed by atoms with Gasteiger partial charge < -0.3 is 4.74 Å². The van der Waals surface area contributed by atoms with Gasteiger partial charge in [-0.1, -0.05) is 12.1 Å². The minimum absolute atomic E-state index is 0.673. The molecule has 0 radical (unpaired) electrons. The molecule has 1 aromatic rings. The first-order chi connectivity index (χ1) is 8.38. The highest BCUT2D eigenvalue weighted by Crippen LogP contribution is 2.34. The SMILES string of the molecule is COc1ccc(CCNN2PNPNP2)cc1. The summed E-state index contributed by atoms with van der Waals surface area (Å²) in [5.74, 6) is 0.912. The number of hydrogen-bond donors (Lipinski definition) is 3. The van der Waals surface area contributed by atoms with Crippen molar-refractivity contribution in [3.05, 3.63) is 29.8 Å². The maximum atomic E-state index is 5.13. The number of hydrogen-bond acceptors (Lipinski definition) is 5. The van der Waals surface area contributed by atoms with Crippen LogP contribution in [0.5, 0.6) is 5.75 Å². The third-order valence-corrected chi connectivity index (χ3v) is 5.63. The van der Waals surface area contributed by atoms with Gasteiger partial charge in [0.25, 0.3) is 0 Å². The zero-order valence-corrected chi connectivity index (χ0v) is 12.6. The monoisotopic (exact) mass is 290 g/mol. The molecule has 1 heterocycles. The molecule has 1 aliphatic rings. The summed E-state index contributed by atoms with van der Waals surface area (Å²) in [7, 11) is 3.73. The van der Waals surface area contributed by atoms with Gasteiger partial charge >= 0.3 is 0 Å². The van der Waals surface area contributed by atoms with Gasteiger partial charge in [-0.25, -0.2) is 5.43 Å². The number of benzene rings is 1. The summed E-state index contributed by atoms with van der Waals surface area (Å²) in [6, 6.07) is 8.23. The normalized spacial score (nSPS) is 21.2. The van der Waals surface area contributed by atoms with Gasteiger partial charge in [-0.05, 0) is 24.1 Å². The molecule has 0 spiro atoms. The van der Waals surface area contributed by atoms with E-state index < -0.39 is 0 Å². The molecule has 94 valence electrons. The second-order valence-corrected chi connectivity index (χ2v) is 7.48. The van der Waals surface area contributed by atoms with E-state index in [-0.39, 0.29) is 0 Å². The molecule has 3 N–H and O–H groups in total. The minimum atomic E-state index is 0.673. The van der Waals surface area contributed by atoms with E-state index in [0.29, 0.717) is 26.6 Å². The molecule has 1 aromatic carbocycles. The van der Waals surface area contributed by atoms with Crippen LogP contribution in [-0.4, -0.2) is 18.2 Å². The van der Waals surface area contributed by atoms with Gasteiger partial charge in [0.2, 0.25) is 0 Å². The number of ether oxygens (including phenoxy) is 1. The minimum Gasteiger partial charge on any atom is -0.497 e. The summed E-state index contributed by atoms with van der Waals surface area (Å²) in [5.41, 5.74) is 4.73. The molecule has 0 bridgehead atoms. The van der Waals surface area contributed by atoms with Crippen molar-refractivity contribution in [2.75, 3.05) is 13.7 Å². The van der Waals surface area contributed by atoms with Gasteiger partial charge in [0, 0.05) is 33.2 Å². The molecule has 2 atom stereocenters. The third kappa shape index (κ3) is 4.73. The summed E-state index contributed by atoms with van der Waals surface area (Å²) in [6.45, 7) is 0.957. The van der Waals surface area contributed by atoms with Crippen LogP contribution in [0.4, 0.5) is 0 Å². The Morgan fingerprint density at radius 1 is 1.24 bits per heavy atom. The smallest absolute Gasteiger partial charge is 0.118 e. The van der Waals surface area contributed by atoms with Gasteiger partial charge in [-0.3, -0.25) is 9.72 Å². The molecule has 2 unspecified atom stereocenters. The second-order valence-electron chi connectivity index (χ2n) is 3.44. The van der Waals surface area contributed by atoms with Crippen LogP contribution in [0.1, 0.15) is 5.56 Å². The average molecular weight is 290 g/mol. The fourth-order valence-electron chi connectivity index (χ4n) is 1.41. The first kappa shape index (κ1) is 13.6. The standard InChI is InChI=1S/C9H17N4OP3/c1-14-9-4-2-8(3-5-9)6-7-10-13-16-11-15-12-17-13/h2-5,10-12,15-17H,6-7H2,1H3. The Labute approximate surface area is 107 Å². The zero-order chi connectivity index (χ0) is 11.9. The molecule has 1 aliphatic heterocycles. The Bertz CT molecular complexity index is 332. The van der Waals surface area contributed by atoms with E-state index in [2.05, 4.69) is 31.8 Å². The summed E-state index contributed by atoms with van der Waals surface area (Å²) >= 11 is 0. The lowest BCUT2D eigenvalue weighted by atomic mass is 10.1. The Hall–Kier alpha value is 0.150. The highest BCUT2D eigenvalue weighted by molar-refractivity contribution is 7.65. The van der Waals surface area contributed by atoms with Crippen LogP contribution >= 0.6 is 26.6 Å². The Morgan fingerprint density at radius 3 is 2.59 bits per heavy atom. The summed E-state index contributed by atoms with van der Waals surface area (Å²) < 4.78 is 7.33. The van der Waals surface area contributed by atoms with E-state index in [1.807, 2.05) is 12.1 Å². The number of nitrogens with zero attached hydrogens (tertiary/aromatic N) is 1. The Morgan fingerprint density at radius 2 is 1.94 bits per heavy atom. The van der Waals surface area contributed by atoms with Crippen LogP contribution in [-0.2, 0) is 6.42 Å². The Kier molecular flexibility index (Phi) is 6.03. The van der Waals surface area contributed by atoms with Crippen LogP contribution in [0, 0.1) is 0 Å². The average Bonchev–Trinajstić information content (AvgIpc) is 2.41. The molecular weight excluding hydrogens is 273 g/mol. The number of rotatable bonds is 5. The lowest BCUT2D eigenvalue weighted by Gasteiger charge is -2.27. The Balaban J connectivity index is 1.69. The van der Waals surface area contributed by atoms with Gasteiger partial charge in [0.05, 0.1) is 7.11 Å². The third-order valence-electron chi connectivity index (χ3n) is 2.30. The zero-order valence-electron chi connectivity index (χ0n) is 9.58. The van der Waals surface area contributed by atoms with E-state index in [0.717, 1.165) is 18.7 Å². The van der Waals surface area contributed by atoms with E-state index in [1.54, 1.807) is 7.11 Å². The topological polar surface area (TPSA) is 48.6 Å². The lowest BCUT2D eigenvalue weighted by molar-refractivity contribution is 0.414. The molecule has 2 rings (SSSR count). The largest absolute Gasteiger partial charge is 0.497 e. The molecule has 8 heteroatoms. The van der Waals surface area contributed by atoms with Gasteiger partial charge in [0.1, 0.15) is 5.75 Å². The quantitative estimate of drug-likeness (QED) is 0.721. The molecule has 5 nitrogen and oxygen atoms in total. The van der Waals surface area contributed by atoms with Crippen LogP contribution in [0.3, 0.4) is 0 Å². The van der Waals surface area contributed by atoms with E-state index in [9.17, 15) is 0 Å². The van der Waals surface area contributed by atoms with E-state index in [1.165, 1.54) is 5.56 Å². The lowest BCUT2D eigenvalue weighted by Crippen LogP contribution is -2.31. The van der Waals surface area contributed by atoms with Gasteiger partial charge in [0.15, 0.2) is 0 Å². The molecular formula is C9H17N4OP3. The van der Waals surface area contributed by atoms with Crippen LogP contribution in [0.25, 0.3) is 0 Å². The molecule has 17 heavy (non-hydrogen) atoms. The highest BCUT2D eigenvalue weighted by atomic mass is 31.2. The highest BCUT2D eigenvalue weighted by Gasteiger charge is 2.07. The molecule has 1 fully saturated rings. The maximum Gasteiger partial charge on any atom is 0.118 e. The predicted molar refractivity (Wildman–Crippen MR) is 77.8 cm³/mol.